The molecule has 0 saturated heterocycles. The number of aromatic nitrogens is 1. The lowest BCUT2D eigenvalue weighted by atomic mass is 9.96. The van der Waals surface area contributed by atoms with Crippen molar-refractivity contribution < 1.29 is 14.3 Å². The average molecular weight is 425 g/mol. The lowest BCUT2D eigenvalue weighted by molar-refractivity contribution is -0.123. The van der Waals surface area contributed by atoms with Gasteiger partial charge in [0.2, 0.25) is 5.91 Å². The first kappa shape index (κ1) is 23.1. The predicted molar refractivity (Wildman–Crippen MR) is 125 cm³/mol. The maximum absolute atomic E-state index is 13.7. The molecule has 0 N–H and O–H groups in total. The fourth-order valence-electron chi connectivity index (χ4n) is 4.52. The molecule has 1 unspecified atom stereocenters. The van der Waals surface area contributed by atoms with Crippen molar-refractivity contribution in [1.29, 1.82) is 0 Å². The number of ether oxygens (including phenoxy) is 1. The van der Waals surface area contributed by atoms with Gasteiger partial charge in [0.1, 0.15) is 5.56 Å². The number of nitrogens with zero attached hydrogens (tertiary/aromatic N) is 2. The van der Waals surface area contributed by atoms with Gasteiger partial charge in [-0.25, -0.2) is 4.79 Å². The molecule has 2 atom stereocenters. The number of hydrogen-bond acceptors (Lipinski definition) is 3. The topological polar surface area (TPSA) is 51.5 Å². The third-order valence-corrected chi connectivity index (χ3v) is 6.24. The van der Waals surface area contributed by atoms with E-state index in [-0.39, 0.29) is 29.9 Å². The normalized spacial score (nSPS) is 21.7. The van der Waals surface area contributed by atoms with Gasteiger partial charge in [0.25, 0.3) is 0 Å². The van der Waals surface area contributed by atoms with Crippen molar-refractivity contribution in [2.75, 3.05) is 11.5 Å². The zero-order valence-corrected chi connectivity index (χ0v) is 19.3. The molecule has 0 bridgehead atoms. The molecule has 168 valence electrons. The van der Waals surface area contributed by atoms with Crippen molar-refractivity contribution in [3.05, 3.63) is 54.4 Å². The Morgan fingerprint density at radius 1 is 1.06 bits per heavy atom. The highest BCUT2D eigenvalue weighted by Gasteiger charge is 2.32. The summed E-state index contributed by atoms with van der Waals surface area (Å²) in [6.07, 6.45) is 21.0. The minimum Gasteiger partial charge on any atom is -0.462 e. The van der Waals surface area contributed by atoms with Crippen LogP contribution in [-0.4, -0.2) is 29.1 Å². The number of carbonyl (C=O) groups excluding carboxylic acids is 2. The molecule has 5 nitrogen and oxygen atoms in total. The standard InChI is InChI=1S/C26H36N2O3/c1-5-31-26(30)23-17-27(22-13-8-6-7-9-14-22)18-24(23)28(19(2)3)25(29)21-12-10-11-20(4)15-16-21/h6-9,13-14,17-22H,5,10-12,15-16H2,1-4H3/t20-,21?/m0/s1. The molecule has 3 rings (SSSR count). The third kappa shape index (κ3) is 5.57. The first-order valence-corrected chi connectivity index (χ1v) is 11.7. The van der Waals surface area contributed by atoms with E-state index in [1.165, 1.54) is 6.42 Å². The van der Waals surface area contributed by atoms with E-state index in [0.29, 0.717) is 23.8 Å². The van der Waals surface area contributed by atoms with Gasteiger partial charge in [-0.05, 0) is 46.0 Å². The Morgan fingerprint density at radius 2 is 1.77 bits per heavy atom. The molecular weight excluding hydrogens is 388 g/mol. The number of esters is 1. The van der Waals surface area contributed by atoms with E-state index < -0.39 is 0 Å². The Labute approximate surface area is 186 Å². The van der Waals surface area contributed by atoms with Gasteiger partial charge in [-0.3, -0.25) is 4.79 Å². The summed E-state index contributed by atoms with van der Waals surface area (Å²) >= 11 is 0. The summed E-state index contributed by atoms with van der Waals surface area (Å²) in [5.41, 5.74) is 1.10. The fraction of sp³-hybridized carbons (Fsp3) is 0.538. The average Bonchev–Trinajstić information content (AvgIpc) is 2.89. The molecule has 1 saturated carbocycles. The summed E-state index contributed by atoms with van der Waals surface area (Å²) in [6.45, 7) is 8.40. The van der Waals surface area contributed by atoms with Crippen LogP contribution in [0.4, 0.5) is 5.69 Å². The fourth-order valence-corrected chi connectivity index (χ4v) is 4.52. The molecule has 2 aliphatic carbocycles. The summed E-state index contributed by atoms with van der Waals surface area (Å²) < 4.78 is 7.33. The second-order valence-electron chi connectivity index (χ2n) is 8.98. The van der Waals surface area contributed by atoms with Gasteiger partial charge in [0, 0.05) is 24.4 Å². The quantitative estimate of drug-likeness (QED) is 0.425. The van der Waals surface area contributed by atoms with Crippen LogP contribution in [0.2, 0.25) is 0 Å². The van der Waals surface area contributed by atoms with Crippen LogP contribution in [0.3, 0.4) is 0 Å². The summed E-state index contributed by atoms with van der Waals surface area (Å²) in [5, 5.41) is 0. The smallest absolute Gasteiger partial charge is 0.341 e. The van der Waals surface area contributed by atoms with Crippen LogP contribution in [0.15, 0.2) is 48.8 Å². The number of rotatable bonds is 6. The monoisotopic (exact) mass is 424 g/mol. The number of carbonyl (C=O) groups is 2. The van der Waals surface area contributed by atoms with Gasteiger partial charge in [-0.1, -0.05) is 56.2 Å². The second-order valence-corrected chi connectivity index (χ2v) is 8.98. The first-order valence-electron chi connectivity index (χ1n) is 11.7. The van der Waals surface area contributed by atoms with Crippen molar-refractivity contribution >= 4 is 17.6 Å². The Kier molecular flexibility index (Phi) is 7.94. The highest BCUT2D eigenvalue weighted by Crippen LogP contribution is 2.33. The van der Waals surface area contributed by atoms with Gasteiger partial charge >= 0.3 is 5.97 Å². The maximum atomic E-state index is 13.7. The summed E-state index contributed by atoms with van der Waals surface area (Å²) in [5.74, 6) is 0.418. The third-order valence-electron chi connectivity index (χ3n) is 6.24. The largest absolute Gasteiger partial charge is 0.462 e. The predicted octanol–water partition coefficient (Wildman–Crippen LogP) is 5.85. The van der Waals surface area contributed by atoms with E-state index >= 15 is 0 Å². The van der Waals surface area contributed by atoms with Crippen molar-refractivity contribution in [1.82, 2.24) is 4.57 Å². The van der Waals surface area contributed by atoms with E-state index in [0.717, 1.165) is 25.7 Å². The van der Waals surface area contributed by atoms with E-state index in [9.17, 15) is 9.59 Å². The Balaban J connectivity index is 1.99. The van der Waals surface area contributed by atoms with Crippen molar-refractivity contribution in [2.24, 2.45) is 11.8 Å². The molecule has 0 aliphatic heterocycles. The maximum Gasteiger partial charge on any atom is 0.341 e. The van der Waals surface area contributed by atoms with Crippen LogP contribution >= 0.6 is 0 Å². The zero-order valence-electron chi connectivity index (χ0n) is 19.3. The van der Waals surface area contributed by atoms with Crippen molar-refractivity contribution in [3.63, 3.8) is 0 Å². The molecule has 1 aromatic heterocycles. The minimum absolute atomic E-state index is 0.00705. The van der Waals surface area contributed by atoms with E-state index in [1.807, 2.05) is 60.0 Å². The molecule has 5 heteroatoms. The first-order chi connectivity index (χ1) is 14.9. The highest BCUT2D eigenvalue weighted by molar-refractivity contribution is 6.03. The van der Waals surface area contributed by atoms with Crippen molar-refractivity contribution in [3.8, 4) is 0 Å². The minimum atomic E-state index is -0.385. The lowest BCUT2D eigenvalue weighted by Crippen LogP contribution is -2.41. The van der Waals surface area contributed by atoms with E-state index in [2.05, 4.69) is 19.1 Å². The lowest BCUT2D eigenvalue weighted by Gasteiger charge is -2.30. The molecular formula is C26H36N2O3. The Morgan fingerprint density at radius 3 is 2.42 bits per heavy atom. The summed E-state index contributed by atoms with van der Waals surface area (Å²) in [4.78, 5) is 28.4. The van der Waals surface area contributed by atoms with Gasteiger partial charge in [0.15, 0.2) is 0 Å². The highest BCUT2D eigenvalue weighted by atomic mass is 16.5. The zero-order chi connectivity index (χ0) is 22.4. The van der Waals surface area contributed by atoms with Crippen LogP contribution < -0.4 is 4.90 Å². The van der Waals surface area contributed by atoms with Gasteiger partial charge in [-0.15, -0.1) is 0 Å². The van der Waals surface area contributed by atoms with E-state index in [1.54, 1.807) is 6.92 Å². The van der Waals surface area contributed by atoms with Crippen LogP contribution in [0.1, 0.15) is 76.2 Å². The molecule has 2 aliphatic rings. The number of anilines is 1. The molecule has 1 aromatic rings. The van der Waals surface area contributed by atoms with Crippen LogP contribution in [-0.2, 0) is 9.53 Å². The molecule has 31 heavy (non-hydrogen) atoms. The SMILES string of the molecule is CCOC(=O)c1cn(C2C=CC=CC=C2)cc1N(C(=O)C1CCC[C@H](C)CC1)C(C)C. The van der Waals surface area contributed by atoms with Gasteiger partial charge < -0.3 is 14.2 Å². The van der Waals surface area contributed by atoms with Gasteiger partial charge in [-0.2, -0.15) is 0 Å². The van der Waals surface area contributed by atoms with Crippen LogP contribution in [0, 0.1) is 11.8 Å². The molecule has 1 amide bonds. The summed E-state index contributed by atoms with van der Waals surface area (Å²) in [6, 6.07) is -0.0844. The van der Waals surface area contributed by atoms with Crippen LogP contribution in [0.25, 0.3) is 0 Å². The van der Waals surface area contributed by atoms with Crippen molar-refractivity contribution in [2.45, 2.75) is 71.9 Å². The number of hydrogen-bond donors (Lipinski definition) is 0. The van der Waals surface area contributed by atoms with Crippen LogP contribution in [0.5, 0.6) is 0 Å². The Bertz CT molecular complexity index is 846. The molecule has 1 heterocycles. The molecule has 1 fully saturated rings. The second kappa shape index (κ2) is 10.7. The number of amides is 1. The summed E-state index contributed by atoms with van der Waals surface area (Å²) in [7, 11) is 0. The Hall–Kier alpha value is -2.56. The van der Waals surface area contributed by atoms with Gasteiger partial charge in [0.05, 0.1) is 18.3 Å². The van der Waals surface area contributed by atoms with E-state index in [4.69, 9.17) is 4.74 Å². The molecule has 0 spiro atoms. The molecule has 0 radical (unpaired) electrons. The molecule has 0 aromatic carbocycles. The number of allylic oxidation sites excluding steroid dienone is 6.